The monoisotopic (exact) mass is 266 g/mol. The Morgan fingerprint density at radius 3 is 2.67 bits per heavy atom. The molecule has 5 nitrogen and oxygen atoms in total. The zero-order valence-corrected chi connectivity index (χ0v) is 11.0. The fraction of sp³-hybridized carbons (Fsp3) is 0.250. The average molecular weight is 266 g/mol. The van der Waals surface area contributed by atoms with Crippen molar-refractivity contribution >= 4 is 21.6 Å². The van der Waals surface area contributed by atoms with Crippen molar-refractivity contribution in [2.24, 2.45) is 0 Å². The Bertz CT molecular complexity index is 600. The summed E-state index contributed by atoms with van der Waals surface area (Å²) >= 11 is 0. The summed E-state index contributed by atoms with van der Waals surface area (Å²) in [7, 11) is -3.44. The van der Waals surface area contributed by atoms with Crippen LogP contribution >= 0.6 is 0 Å². The van der Waals surface area contributed by atoms with Crippen molar-refractivity contribution in [3.05, 3.63) is 29.3 Å². The van der Waals surface area contributed by atoms with Crippen LogP contribution in [0.4, 0.5) is 5.69 Å². The van der Waals surface area contributed by atoms with Gasteiger partial charge < -0.3 is 5.32 Å². The van der Waals surface area contributed by atoms with E-state index in [2.05, 4.69) is 16.0 Å². The van der Waals surface area contributed by atoms with E-state index in [0.29, 0.717) is 0 Å². The molecule has 0 radical (unpaired) electrons. The minimum Gasteiger partial charge on any atom is -0.341 e. The number of rotatable bonds is 4. The molecule has 0 heterocycles. The van der Waals surface area contributed by atoms with Gasteiger partial charge in [0.2, 0.25) is 10.0 Å². The van der Waals surface area contributed by atoms with Gasteiger partial charge in [0.25, 0.3) is 5.91 Å². The first-order chi connectivity index (χ1) is 8.33. The van der Waals surface area contributed by atoms with Gasteiger partial charge in [0.05, 0.1) is 24.1 Å². The summed E-state index contributed by atoms with van der Waals surface area (Å²) < 4.78 is 24.7. The second kappa shape index (κ2) is 5.56. The van der Waals surface area contributed by atoms with Gasteiger partial charge in [-0.25, -0.2) is 8.42 Å². The number of carbonyl (C=O) groups is 1. The lowest BCUT2D eigenvalue weighted by Gasteiger charge is -2.11. The van der Waals surface area contributed by atoms with E-state index < -0.39 is 15.9 Å². The van der Waals surface area contributed by atoms with E-state index in [1.54, 1.807) is 18.2 Å². The van der Waals surface area contributed by atoms with Crippen LogP contribution in [-0.2, 0) is 10.0 Å². The van der Waals surface area contributed by atoms with Gasteiger partial charge >= 0.3 is 0 Å². The zero-order valence-electron chi connectivity index (χ0n) is 10.1. The SMILES string of the molecule is C#CCNC(=O)c1cc(C)ccc1NS(C)(=O)=O. The number of carbonyl (C=O) groups excluding carboxylic acids is 1. The molecule has 1 aromatic rings. The van der Waals surface area contributed by atoms with Crippen molar-refractivity contribution in [1.29, 1.82) is 0 Å². The van der Waals surface area contributed by atoms with E-state index in [9.17, 15) is 13.2 Å². The van der Waals surface area contributed by atoms with Gasteiger partial charge in [0, 0.05) is 0 Å². The van der Waals surface area contributed by atoms with Gasteiger partial charge in [-0.1, -0.05) is 17.6 Å². The lowest BCUT2D eigenvalue weighted by atomic mass is 10.1. The number of nitrogens with one attached hydrogen (secondary N) is 2. The lowest BCUT2D eigenvalue weighted by molar-refractivity contribution is 0.0959. The Balaban J connectivity index is 3.12. The number of hydrogen-bond acceptors (Lipinski definition) is 3. The van der Waals surface area contributed by atoms with Crippen LogP contribution in [0.25, 0.3) is 0 Å². The Morgan fingerprint density at radius 1 is 1.44 bits per heavy atom. The molecule has 0 aromatic heterocycles. The van der Waals surface area contributed by atoms with E-state index >= 15 is 0 Å². The normalized spacial score (nSPS) is 10.5. The first kappa shape index (κ1) is 14.1. The van der Waals surface area contributed by atoms with Crippen molar-refractivity contribution in [3.8, 4) is 12.3 Å². The molecule has 18 heavy (non-hydrogen) atoms. The first-order valence-corrected chi connectivity index (χ1v) is 7.03. The molecule has 6 heteroatoms. The van der Waals surface area contributed by atoms with Gasteiger partial charge in [-0.2, -0.15) is 0 Å². The van der Waals surface area contributed by atoms with Crippen LogP contribution in [0, 0.1) is 19.3 Å². The number of benzene rings is 1. The highest BCUT2D eigenvalue weighted by molar-refractivity contribution is 7.92. The van der Waals surface area contributed by atoms with Crippen LogP contribution in [-0.4, -0.2) is 27.1 Å². The molecule has 1 aromatic carbocycles. The molecular weight excluding hydrogens is 252 g/mol. The van der Waals surface area contributed by atoms with Crippen molar-refractivity contribution in [2.45, 2.75) is 6.92 Å². The van der Waals surface area contributed by atoms with Gasteiger partial charge in [0.15, 0.2) is 0 Å². The second-order valence-corrected chi connectivity index (χ2v) is 5.56. The predicted molar refractivity (Wildman–Crippen MR) is 70.8 cm³/mol. The molecule has 0 unspecified atom stereocenters. The molecule has 0 spiro atoms. The molecule has 2 N–H and O–H groups in total. The highest BCUT2D eigenvalue weighted by Crippen LogP contribution is 2.18. The largest absolute Gasteiger partial charge is 0.341 e. The summed E-state index contributed by atoms with van der Waals surface area (Å²) in [4.78, 5) is 11.8. The third-order valence-corrected chi connectivity index (χ3v) is 2.66. The number of aryl methyl sites for hydroxylation is 1. The maximum Gasteiger partial charge on any atom is 0.254 e. The molecule has 0 aliphatic heterocycles. The van der Waals surface area contributed by atoms with Crippen molar-refractivity contribution in [1.82, 2.24) is 5.32 Å². The van der Waals surface area contributed by atoms with Crippen molar-refractivity contribution in [2.75, 3.05) is 17.5 Å². The summed E-state index contributed by atoms with van der Waals surface area (Å²) in [5, 5.41) is 2.49. The molecule has 1 rings (SSSR count). The standard InChI is InChI=1S/C12H14N2O3S/c1-4-7-13-12(15)10-8-9(2)5-6-11(10)14-18(3,16)17/h1,5-6,8,14H,7H2,2-3H3,(H,13,15). The van der Waals surface area contributed by atoms with Crippen molar-refractivity contribution < 1.29 is 13.2 Å². The molecule has 0 aliphatic rings. The predicted octanol–water partition coefficient (Wildman–Crippen LogP) is 0.730. The number of hydrogen-bond donors (Lipinski definition) is 2. The number of terminal acetylenes is 1. The molecule has 0 saturated carbocycles. The Hall–Kier alpha value is -2.00. The van der Waals surface area contributed by atoms with Crippen LogP contribution in [0.5, 0.6) is 0 Å². The molecule has 96 valence electrons. The summed E-state index contributed by atoms with van der Waals surface area (Å²) in [5.41, 5.74) is 1.33. The van der Waals surface area contributed by atoms with Crippen LogP contribution < -0.4 is 10.0 Å². The minimum atomic E-state index is -3.44. The van der Waals surface area contributed by atoms with Crippen LogP contribution in [0.1, 0.15) is 15.9 Å². The maximum atomic E-state index is 11.8. The van der Waals surface area contributed by atoms with Crippen molar-refractivity contribution in [3.63, 3.8) is 0 Å². The number of anilines is 1. The first-order valence-electron chi connectivity index (χ1n) is 5.13. The third kappa shape index (κ3) is 4.11. The summed E-state index contributed by atoms with van der Waals surface area (Å²) in [5.74, 6) is 1.87. The fourth-order valence-corrected chi connectivity index (χ4v) is 1.94. The molecule has 0 bridgehead atoms. The van der Waals surface area contributed by atoms with Gasteiger partial charge in [0.1, 0.15) is 0 Å². The van der Waals surface area contributed by atoms with E-state index in [-0.39, 0.29) is 17.8 Å². The Morgan fingerprint density at radius 2 is 2.11 bits per heavy atom. The highest BCUT2D eigenvalue weighted by atomic mass is 32.2. The number of sulfonamides is 1. The molecule has 1 amide bonds. The van der Waals surface area contributed by atoms with Crippen LogP contribution in [0.15, 0.2) is 18.2 Å². The smallest absolute Gasteiger partial charge is 0.254 e. The molecule has 0 aliphatic carbocycles. The summed E-state index contributed by atoms with van der Waals surface area (Å²) in [6, 6.07) is 4.85. The summed E-state index contributed by atoms with van der Waals surface area (Å²) in [6.45, 7) is 1.90. The molecule has 0 fully saturated rings. The zero-order chi connectivity index (χ0) is 13.8. The van der Waals surface area contributed by atoms with E-state index in [1.165, 1.54) is 0 Å². The second-order valence-electron chi connectivity index (χ2n) is 3.81. The molecule has 0 saturated heterocycles. The Kier molecular flexibility index (Phi) is 4.34. The van der Waals surface area contributed by atoms with E-state index in [4.69, 9.17) is 6.42 Å². The van der Waals surface area contributed by atoms with Gasteiger partial charge in [-0.05, 0) is 19.1 Å². The quantitative estimate of drug-likeness (QED) is 0.789. The topological polar surface area (TPSA) is 75.3 Å². The van der Waals surface area contributed by atoms with Gasteiger partial charge in [-0.3, -0.25) is 9.52 Å². The number of amides is 1. The van der Waals surface area contributed by atoms with Gasteiger partial charge in [-0.15, -0.1) is 6.42 Å². The van der Waals surface area contributed by atoms with Crippen LogP contribution in [0.3, 0.4) is 0 Å². The third-order valence-electron chi connectivity index (χ3n) is 2.07. The molecular formula is C12H14N2O3S. The minimum absolute atomic E-state index is 0.0884. The van der Waals surface area contributed by atoms with Crippen LogP contribution in [0.2, 0.25) is 0 Å². The molecule has 0 atom stereocenters. The fourth-order valence-electron chi connectivity index (χ4n) is 1.36. The highest BCUT2D eigenvalue weighted by Gasteiger charge is 2.13. The van der Waals surface area contributed by atoms with E-state index in [0.717, 1.165) is 11.8 Å². The Labute approximate surface area is 107 Å². The van der Waals surface area contributed by atoms with E-state index in [1.807, 2.05) is 6.92 Å². The average Bonchev–Trinajstić information content (AvgIpc) is 2.26. The maximum absolute atomic E-state index is 11.8. The summed E-state index contributed by atoms with van der Waals surface area (Å²) in [6.07, 6.45) is 6.07. The lowest BCUT2D eigenvalue weighted by Crippen LogP contribution is -2.25.